The number of rotatable bonds is 3. The molecule has 0 spiro atoms. The lowest BCUT2D eigenvalue weighted by Gasteiger charge is -2.19. The molecule has 0 amide bonds. The van der Waals surface area contributed by atoms with Crippen LogP contribution >= 0.6 is 0 Å². The molecule has 0 saturated carbocycles. The molecule has 0 aliphatic heterocycles. The van der Waals surface area contributed by atoms with Gasteiger partial charge >= 0.3 is 6.18 Å². The summed E-state index contributed by atoms with van der Waals surface area (Å²) in [5.41, 5.74) is 0.587. The lowest BCUT2D eigenvalue weighted by atomic mass is 9.90. The zero-order valence-electron chi connectivity index (χ0n) is 15.8. The van der Waals surface area contributed by atoms with E-state index in [-0.39, 0.29) is 28.2 Å². The van der Waals surface area contributed by atoms with Gasteiger partial charge in [-0.1, -0.05) is 30.3 Å². The Balaban J connectivity index is 1.88. The molecule has 4 rings (SSSR count). The van der Waals surface area contributed by atoms with Crippen molar-refractivity contribution in [2.45, 2.75) is 13.1 Å². The van der Waals surface area contributed by atoms with Gasteiger partial charge in [-0.05, 0) is 30.7 Å². The minimum absolute atomic E-state index is 0.0520. The Labute approximate surface area is 170 Å². The van der Waals surface area contributed by atoms with Crippen LogP contribution in [0.15, 0.2) is 78.8 Å². The van der Waals surface area contributed by atoms with Crippen molar-refractivity contribution in [3.63, 3.8) is 0 Å². The molecule has 0 fully saturated rings. The standard InChI is InChI=1S/C23H15F3N2O2/c1-14-9-11-28(12-10-14)20-19(21(29)17-7-2-3-8-18(17)22(20)30)27-16-6-4-5-15(13-16)23(24,25)26/h2-13H,1H3/p+1. The van der Waals surface area contributed by atoms with Crippen molar-refractivity contribution >= 4 is 23.0 Å². The van der Waals surface area contributed by atoms with E-state index in [1.165, 1.54) is 22.8 Å². The van der Waals surface area contributed by atoms with Crippen molar-refractivity contribution in [1.82, 2.24) is 0 Å². The molecule has 0 bridgehead atoms. The summed E-state index contributed by atoms with van der Waals surface area (Å²) >= 11 is 0. The van der Waals surface area contributed by atoms with Crippen LogP contribution in [-0.4, -0.2) is 11.6 Å². The van der Waals surface area contributed by atoms with Gasteiger partial charge in [-0.15, -0.1) is 0 Å². The third-order valence-electron chi connectivity index (χ3n) is 4.81. The second-order valence-electron chi connectivity index (χ2n) is 6.91. The Kier molecular flexibility index (Phi) is 4.73. The number of benzene rings is 2. The van der Waals surface area contributed by atoms with Gasteiger partial charge in [0.25, 0.3) is 11.5 Å². The van der Waals surface area contributed by atoms with E-state index in [0.29, 0.717) is 0 Å². The molecule has 0 radical (unpaired) electrons. The zero-order chi connectivity index (χ0) is 21.5. The summed E-state index contributed by atoms with van der Waals surface area (Å²) in [6.07, 6.45) is -1.26. The largest absolute Gasteiger partial charge is 0.416 e. The molecule has 1 heterocycles. The monoisotopic (exact) mass is 409 g/mol. The average Bonchev–Trinajstić information content (AvgIpc) is 2.73. The Morgan fingerprint density at radius 3 is 2.10 bits per heavy atom. The first kappa shape index (κ1) is 19.6. The number of pyridine rings is 1. The first-order valence-corrected chi connectivity index (χ1v) is 9.11. The number of aryl methyl sites for hydroxylation is 1. The van der Waals surface area contributed by atoms with E-state index in [1.54, 1.807) is 42.7 Å². The molecule has 150 valence electrons. The number of carbonyl (C=O) groups is 2. The number of allylic oxidation sites excluding steroid dienone is 2. The number of ketones is 2. The van der Waals surface area contributed by atoms with Gasteiger partial charge < -0.3 is 5.32 Å². The quantitative estimate of drug-likeness (QED) is 0.640. The van der Waals surface area contributed by atoms with Gasteiger partial charge in [-0.25, -0.2) is 0 Å². The molecule has 30 heavy (non-hydrogen) atoms. The molecule has 7 heteroatoms. The number of fused-ring (bicyclic) bond motifs is 1. The smallest absolute Gasteiger partial charge is 0.347 e. The maximum Gasteiger partial charge on any atom is 0.416 e. The molecular formula is C23H16F3N2O2+. The van der Waals surface area contributed by atoms with E-state index in [9.17, 15) is 22.8 Å². The van der Waals surface area contributed by atoms with Crippen LogP contribution in [-0.2, 0) is 6.18 Å². The first-order valence-electron chi connectivity index (χ1n) is 9.11. The lowest BCUT2D eigenvalue weighted by Crippen LogP contribution is -2.42. The lowest BCUT2D eigenvalue weighted by molar-refractivity contribution is -0.577. The maximum absolute atomic E-state index is 13.2. The fourth-order valence-electron chi connectivity index (χ4n) is 3.29. The second kappa shape index (κ2) is 7.26. The highest BCUT2D eigenvalue weighted by Gasteiger charge is 2.39. The molecular weight excluding hydrogens is 393 g/mol. The number of anilines is 1. The number of hydrogen-bond donors (Lipinski definition) is 1. The number of carbonyl (C=O) groups excluding carboxylic acids is 2. The number of aromatic nitrogens is 1. The highest BCUT2D eigenvalue weighted by molar-refractivity contribution is 6.36. The third kappa shape index (κ3) is 3.50. The molecule has 1 N–H and O–H groups in total. The highest BCUT2D eigenvalue weighted by Crippen LogP contribution is 2.32. The topological polar surface area (TPSA) is 50.1 Å². The Morgan fingerprint density at radius 1 is 0.833 bits per heavy atom. The predicted octanol–water partition coefficient (Wildman–Crippen LogP) is 4.66. The number of halogens is 3. The number of hydrogen-bond acceptors (Lipinski definition) is 3. The minimum Gasteiger partial charge on any atom is -0.347 e. The Morgan fingerprint density at radius 2 is 1.47 bits per heavy atom. The van der Waals surface area contributed by atoms with E-state index in [4.69, 9.17) is 0 Å². The third-order valence-corrected chi connectivity index (χ3v) is 4.81. The summed E-state index contributed by atoms with van der Waals surface area (Å²) in [5.74, 6) is -0.862. The van der Waals surface area contributed by atoms with Crippen LogP contribution in [0.3, 0.4) is 0 Å². The van der Waals surface area contributed by atoms with Crippen LogP contribution in [0, 0.1) is 6.92 Å². The zero-order valence-corrected chi connectivity index (χ0v) is 15.8. The van der Waals surface area contributed by atoms with Gasteiger partial charge in [0, 0.05) is 28.9 Å². The average molecular weight is 409 g/mol. The summed E-state index contributed by atoms with van der Waals surface area (Å²) in [4.78, 5) is 26.4. The van der Waals surface area contributed by atoms with Crippen molar-refractivity contribution < 1.29 is 27.3 Å². The van der Waals surface area contributed by atoms with Gasteiger partial charge in [0.15, 0.2) is 18.1 Å². The van der Waals surface area contributed by atoms with E-state index < -0.39 is 23.3 Å². The minimum atomic E-state index is -4.53. The number of Topliss-reactive ketones (excluding diaryl/α,β-unsaturated/α-hetero) is 2. The van der Waals surface area contributed by atoms with Crippen LogP contribution < -0.4 is 9.88 Å². The van der Waals surface area contributed by atoms with Crippen LogP contribution in [0.1, 0.15) is 31.8 Å². The highest BCUT2D eigenvalue weighted by atomic mass is 19.4. The molecule has 0 unspecified atom stereocenters. The van der Waals surface area contributed by atoms with Crippen molar-refractivity contribution in [2.75, 3.05) is 5.32 Å². The summed E-state index contributed by atoms with van der Waals surface area (Å²) in [7, 11) is 0. The summed E-state index contributed by atoms with van der Waals surface area (Å²) < 4.78 is 40.8. The molecule has 1 aliphatic rings. The first-order chi connectivity index (χ1) is 14.3. The molecule has 1 aromatic heterocycles. The summed E-state index contributed by atoms with van der Waals surface area (Å²) in [6, 6.07) is 14.4. The van der Waals surface area contributed by atoms with Gasteiger partial charge in [0.1, 0.15) is 0 Å². The van der Waals surface area contributed by atoms with Crippen molar-refractivity contribution in [2.24, 2.45) is 0 Å². The van der Waals surface area contributed by atoms with Gasteiger partial charge in [0.2, 0.25) is 5.78 Å². The number of nitrogens with one attached hydrogen (secondary N) is 1. The second-order valence-corrected chi connectivity index (χ2v) is 6.91. The molecule has 3 aromatic rings. The number of alkyl halides is 3. The fourth-order valence-corrected chi connectivity index (χ4v) is 3.29. The van der Waals surface area contributed by atoms with E-state index in [1.807, 2.05) is 6.92 Å². The SMILES string of the molecule is Cc1cc[n+](C2=C(Nc3cccc(C(F)(F)F)c3)C(=O)c3ccccc3C2=O)cc1. The summed E-state index contributed by atoms with van der Waals surface area (Å²) in [6.45, 7) is 1.88. The molecule has 0 saturated heterocycles. The summed E-state index contributed by atoms with van der Waals surface area (Å²) in [5, 5.41) is 2.77. The normalized spacial score (nSPS) is 14.0. The Hall–Kier alpha value is -3.74. The van der Waals surface area contributed by atoms with E-state index in [0.717, 1.165) is 17.7 Å². The van der Waals surface area contributed by atoms with Crippen molar-refractivity contribution in [3.05, 3.63) is 101 Å². The van der Waals surface area contributed by atoms with Gasteiger partial charge in [-0.2, -0.15) is 17.7 Å². The molecule has 2 aromatic carbocycles. The van der Waals surface area contributed by atoms with E-state index in [2.05, 4.69) is 5.32 Å². The van der Waals surface area contributed by atoms with Crippen LogP contribution in [0.5, 0.6) is 0 Å². The van der Waals surface area contributed by atoms with Crippen LogP contribution in [0.25, 0.3) is 5.70 Å². The van der Waals surface area contributed by atoms with Gasteiger partial charge in [0.05, 0.1) is 5.56 Å². The number of nitrogens with zero attached hydrogens (tertiary/aromatic N) is 1. The van der Waals surface area contributed by atoms with Gasteiger partial charge in [-0.3, -0.25) is 9.59 Å². The fraction of sp³-hybridized carbons (Fsp3) is 0.0870. The predicted molar refractivity (Wildman–Crippen MR) is 105 cm³/mol. The van der Waals surface area contributed by atoms with E-state index >= 15 is 0 Å². The molecule has 0 atom stereocenters. The van der Waals surface area contributed by atoms with Crippen molar-refractivity contribution in [3.8, 4) is 0 Å². The Bertz CT molecular complexity index is 1200. The van der Waals surface area contributed by atoms with Crippen molar-refractivity contribution in [1.29, 1.82) is 0 Å². The van der Waals surface area contributed by atoms with Crippen LogP contribution in [0.4, 0.5) is 18.9 Å². The molecule has 4 nitrogen and oxygen atoms in total. The maximum atomic E-state index is 13.2. The van der Waals surface area contributed by atoms with Crippen LogP contribution in [0.2, 0.25) is 0 Å². The molecule has 1 aliphatic carbocycles.